The molecule has 2 aliphatic heterocycles. The van der Waals surface area contributed by atoms with Crippen LogP contribution in [-0.4, -0.2) is 83.7 Å². The molecule has 40 heavy (non-hydrogen) atoms. The van der Waals surface area contributed by atoms with E-state index in [0.29, 0.717) is 30.6 Å². The summed E-state index contributed by atoms with van der Waals surface area (Å²) in [6, 6.07) is 7.30. The number of phenolic OH excluding ortho intramolecular Hbond substituents is 2. The van der Waals surface area contributed by atoms with Crippen molar-refractivity contribution in [3.8, 4) is 22.6 Å². The van der Waals surface area contributed by atoms with Crippen LogP contribution in [0.2, 0.25) is 0 Å². The van der Waals surface area contributed by atoms with Crippen molar-refractivity contribution < 1.29 is 24.6 Å². The van der Waals surface area contributed by atoms with E-state index in [-0.39, 0.29) is 42.7 Å². The van der Waals surface area contributed by atoms with E-state index in [4.69, 9.17) is 11.5 Å². The Morgan fingerprint density at radius 1 is 1.07 bits per heavy atom. The van der Waals surface area contributed by atoms with Crippen LogP contribution in [0.25, 0.3) is 11.1 Å². The second-order valence-electron chi connectivity index (χ2n) is 10.7. The zero-order valence-electron chi connectivity index (χ0n) is 22.9. The zero-order chi connectivity index (χ0) is 28.8. The van der Waals surface area contributed by atoms with Crippen molar-refractivity contribution >= 4 is 17.7 Å². The first-order chi connectivity index (χ1) is 19.2. The first-order valence-electron chi connectivity index (χ1n) is 13.9. The van der Waals surface area contributed by atoms with Gasteiger partial charge in [-0.05, 0) is 85.3 Å². The molecule has 2 aromatic rings. The fraction of sp³-hybridized carbons (Fsp3) is 0.483. The van der Waals surface area contributed by atoms with Crippen LogP contribution >= 0.6 is 0 Å². The van der Waals surface area contributed by atoms with Crippen LogP contribution in [0.3, 0.4) is 0 Å². The standard InChI is InChI=1S/C29H40N6O5/c1-35-24(28(39)33-16-21-4-3-11-32-21)15-20-13-18(7-9-26(20)37)17-6-8-25(36)19(12-17)14-22(31)27(38)34-23(29(35)40)5-2-10-30/h6-9,12-13,21-24,32,36-37H,2-5,10-11,14-16,30-31H2,1H3,(H,33,39)(H,34,38)/t21?,22-,23-,24-/m0/s1. The van der Waals surface area contributed by atoms with Crippen molar-refractivity contribution in [1.29, 1.82) is 0 Å². The second kappa shape index (κ2) is 13.1. The van der Waals surface area contributed by atoms with E-state index in [1.54, 1.807) is 30.3 Å². The summed E-state index contributed by atoms with van der Waals surface area (Å²) >= 11 is 0. The molecule has 0 saturated carbocycles. The number of likely N-dealkylation sites (N-methyl/N-ethyl adjacent to an activating group) is 1. The molecular weight excluding hydrogens is 512 g/mol. The quantitative estimate of drug-likeness (QED) is 0.263. The van der Waals surface area contributed by atoms with E-state index in [1.807, 2.05) is 0 Å². The smallest absolute Gasteiger partial charge is 0.245 e. The van der Waals surface area contributed by atoms with Gasteiger partial charge in [0.25, 0.3) is 0 Å². The summed E-state index contributed by atoms with van der Waals surface area (Å²) in [5.74, 6) is -1.36. The molecule has 4 rings (SSSR count). The monoisotopic (exact) mass is 552 g/mol. The van der Waals surface area contributed by atoms with Crippen LogP contribution in [-0.2, 0) is 27.2 Å². The summed E-state index contributed by atoms with van der Waals surface area (Å²) in [4.78, 5) is 41.8. The Balaban J connectivity index is 1.75. The summed E-state index contributed by atoms with van der Waals surface area (Å²) in [5, 5.41) is 30.3. The number of nitrogens with two attached hydrogens (primary N) is 2. The normalized spacial score (nSPS) is 23.7. The number of amides is 3. The number of carbonyl (C=O) groups is 3. The maximum atomic E-state index is 13.8. The Kier molecular flexibility index (Phi) is 9.62. The van der Waals surface area contributed by atoms with E-state index in [1.165, 1.54) is 18.0 Å². The van der Waals surface area contributed by atoms with Gasteiger partial charge in [-0.25, -0.2) is 0 Å². The van der Waals surface area contributed by atoms with E-state index in [9.17, 15) is 24.6 Å². The molecule has 11 heteroatoms. The van der Waals surface area contributed by atoms with Crippen molar-refractivity contribution in [2.45, 2.75) is 62.7 Å². The van der Waals surface area contributed by atoms with Crippen molar-refractivity contribution in [2.75, 3.05) is 26.7 Å². The van der Waals surface area contributed by atoms with Crippen LogP contribution in [0.15, 0.2) is 36.4 Å². The summed E-state index contributed by atoms with van der Waals surface area (Å²) in [7, 11) is 1.53. The predicted molar refractivity (Wildman–Crippen MR) is 151 cm³/mol. The molecule has 11 nitrogen and oxygen atoms in total. The number of benzene rings is 2. The minimum atomic E-state index is -1.03. The summed E-state index contributed by atoms with van der Waals surface area (Å²) < 4.78 is 0. The van der Waals surface area contributed by atoms with Gasteiger partial charge in [-0.2, -0.15) is 0 Å². The van der Waals surface area contributed by atoms with Crippen molar-refractivity contribution in [2.24, 2.45) is 11.5 Å². The Morgan fingerprint density at radius 3 is 2.33 bits per heavy atom. The van der Waals surface area contributed by atoms with Gasteiger partial charge in [-0.15, -0.1) is 0 Å². The molecule has 1 fully saturated rings. The first kappa shape index (κ1) is 29.3. The average Bonchev–Trinajstić information content (AvgIpc) is 3.47. The predicted octanol–water partition coefficient (Wildman–Crippen LogP) is 0.110. The highest BCUT2D eigenvalue weighted by molar-refractivity contribution is 5.93. The highest BCUT2D eigenvalue weighted by Crippen LogP contribution is 2.31. The van der Waals surface area contributed by atoms with Crippen LogP contribution < -0.4 is 27.4 Å². The molecule has 3 amide bonds. The molecule has 2 aliphatic rings. The minimum Gasteiger partial charge on any atom is -0.508 e. The molecule has 2 heterocycles. The minimum absolute atomic E-state index is 0.000651. The van der Waals surface area contributed by atoms with E-state index < -0.39 is 29.9 Å². The van der Waals surface area contributed by atoms with Crippen LogP contribution in [0, 0.1) is 0 Å². The molecule has 0 aromatic heterocycles. The Bertz CT molecular complexity index is 1230. The zero-order valence-corrected chi connectivity index (χ0v) is 22.9. The number of fused-ring (bicyclic) bond motifs is 5. The largest absolute Gasteiger partial charge is 0.508 e. The third-order valence-corrected chi connectivity index (χ3v) is 7.80. The van der Waals surface area contributed by atoms with E-state index >= 15 is 0 Å². The van der Waals surface area contributed by atoms with Gasteiger partial charge in [-0.1, -0.05) is 12.1 Å². The highest BCUT2D eigenvalue weighted by atomic mass is 16.3. The van der Waals surface area contributed by atoms with Gasteiger partial charge >= 0.3 is 0 Å². The van der Waals surface area contributed by atoms with Crippen LogP contribution in [0.4, 0.5) is 0 Å². The first-order valence-corrected chi connectivity index (χ1v) is 13.9. The van der Waals surface area contributed by atoms with Gasteiger partial charge in [0, 0.05) is 32.5 Å². The number of nitrogens with one attached hydrogen (secondary N) is 3. The number of nitrogens with zero attached hydrogens (tertiary/aromatic N) is 1. The number of hydrogen-bond donors (Lipinski definition) is 7. The second-order valence-corrected chi connectivity index (χ2v) is 10.7. The molecule has 9 N–H and O–H groups in total. The number of rotatable bonds is 6. The lowest BCUT2D eigenvalue weighted by atomic mass is 9.95. The van der Waals surface area contributed by atoms with Gasteiger partial charge in [0.2, 0.25) is 17.7 Å². The van der Waals surface area contributed by atoms with Gasteiger partial charge < -0.3 is 42.5 Å². The Morgan fingerprint density at radius 2 is 1.73 bits per heavy atom. The third-order valence-electron chi connectivity index (χ3n) is 7.80. The highest BCUT2D eigenvalue weighted by Gasteiger charge is 2.34. The molecule has 4 atom stereocenters. The van der Waals surface area contributed by atoms with Crippen molar-refractivity contribution in [1.82, 2.24) is 20.9 Å². The van der Waals surface area contributed by atoms with Gasteiger partial charge in [-0.3, -0.25) is 14.4 Å². The lowest BCUT2D eigenvalue weighted by molar-refractivity contribution is -0.142. The molecular formula is C29H40N6O5. The van der Waals surface area contributed by atoms with E-state index in [0.717, 1.165) is 30.5 Å². The fourth-order valence-electron chi connectivity index (χ4n) is 5.33. The van der Waals surface area contributed by atoms with Crippen LogP contribution in [0.5, 0.6) is 11.5 Å². The number of carbonyl (C=O) groups excluding carboxylic acids is 3. The molecule has 0 aliphatic carbocycles. The molecule has 216 valence electrons. The topological polar surface area (TPSA) is 183 Å². The van der Waals surface area contributed by atoms with Crippen molar-refractivity contribution in [3.63, 3.8) is 0 Å². The maximum absolute atomic E-state index is 13.8. The average molecular weight is 553 g/mol. The SMILES string of the molecule is CN1C(=O)[C@H](CCCN)NC(=O)[C@@H](N)Cc2cc(ccc2O)-c2ccc(O)c(c2)C[C@H]1C(=O)NCC1CCCN1. The van der Waals surface area contributed by atoms with Gasteiger partial charge in [0.15, 0.2) is 0 Å². The van der Waals surface area contributed by atoms with Gasteiger partial charge in [0.05, 0.1) is 6.04 Å². The third kappa shape index (κ3) is 6.90. The lowest BCUT2D eigenvalue weighted by Crippen LogP contribution is -2.57. The molecule has 0 radical (unpaired) electrons. The number of phenols is 2. The number of hydrogen-bond acceptors (Lipinski definition) is 8. The van der Waals surface area contributed by atoms with Crippen LogP contribution in [0.1, 0.15) is 36.8 Å². The van der Waals surface area contributed by atoms with Gasteiger partial charge in [0.1, 0.15) is 23.6 Å². The molecule has 1 unspecified atom stereocenters. The molecule has 4 bridgehead atoms. The Hall–Kier alpha value is -3.67. The van der Waals surface area contributed by atoms with E-state index in [2.05, 4.69) is 16.0 Å². The summed E-state index contributed by atoms with van der Waals surface area (Å²) in [6.45, 7) is 1.63. The molecule has 1 saturated heterocycles. The summed E-state index contributed by atoms with van der Waals surface area (Å²) in [6.07, 6.45) is 2.81. The fourth-order valence-corrected chi connectivity index (χ4v) is 5.33. The Labute approximate surface area is 234 Å². The lowest BCUT2D eigenvalue weighted by Gasteiger charge is -2.32. The maximum Gasteiger partial charge on any atom is 0.245 e. The molecule has 0 spiro atoms. The van der Waals surface area contributed by atoms with Crippen molar-refractivity contribution in [3.05, 3.63) is 47.5 Å². The number of aromatic hydroxyl groups is 2. The summed E-state index contributed by atoms with van der Waals surface area (Å²) in [5.41, 5.74) is 14.4. The molecule has 2 aromatic carbocycles.